The number of nitrogen functional groups attached to an aromatic ring is 1. The van der Waals surface area contributed by atoms with Gasteiger partial charge >= 0.3 is 0 Å². The highest BCUT2D eigenvalue weighted by Gasteiger charge is 2.20. The van der Waals surface area contributed by atoms with E-state index < -0.39 is 0 Å². The Labute approximate surface area is 104 Å². The van der Waals surface area contributed by atoms with E-state index in [0.717, 1.165) is 16.5 Å². The van der Waals surface area contributed by atoms with Gasteiger partial charge in [-0.2, -0.15) is 16.1 Å². The minimum absolute atomic E-state index is 0.122. The first kappa shape index (κ1) is 11.9. The number of thioether (sulfide) groups is 1. The van der Waals surface area contributed by atoms with Gasteiger partial charge < -0.3 is 15.8 Å². The summed E-state index contributed by atoms with van der Waals surface area (Å²) in [6, 6.07) is 0.527. The van der Waals surface area contributed by atoms with Gasteiger partial charge in [-0.25, -0.2) is 0 Å². The molecule has 2 rings (SSSR count). The van der Waals surface area contributed by atoms with E-state index in [1.54, 1.807) is 0 Å². The maximum atomic E-state index is 5.79. The van der Waals surface area contributed by atoms with Crippen molar-refractivity contribution in [2.24, 2.45) is 0 Å². The molecule has 1 aliphatic rings. The number of nitrogens with one attached hydrogen (secondary N) is 1. The average molecular weight is 259 g/mol. The topological polar surface area (TPSA) is 60.2 Å². The number of rotatable bonds is 4. The molecule has 0 saturated carbocycles. The number of aromatic nitrogens is 1. The molecule has 1 aromatic rings. The van der Waals surface area contributed by atoms with Crippen LogP contribution in [0.25, 0.3) is 0 Å². The van der Waals surface area contributed by atoms with E-state index >= 15 is 0 Å². The van der Waals surface area contributed by atoms with Crippen LogP contribution in [0.2, 0.25) is 0 Å². The van der Waals surface area contributed by atoms with Gasteiger partial charge in [0.1, 0.15) is 0 Å². The van der Waals surface area contributed by atoms with Gasteiger partial charge in [0.25, 0.3) is 0 Å². The van der Waals surface area contributed by atoms with Crippen LogP contribution in [-0.4, -0.2) is 28.0 Å². The summed E-state index contributed by atoms with van der Waals surface area (Å²) < 4.78 is 9.82. The van der Waals surface area contributed by atoms with Crippen LogP contribution in [-0.2, 0) is 0 Å². The molecule has 0 amide bonds. The number of anilines is 2. The molecule has 2 heterocycles. The van der Waals surface area contributed by atoms with E-state index in [0.29, 0.717) is 11.9 Å². The van der Waals surface area contributed by atoms with E-state index in [-0.39, 0.29) is 6.10 Å². The fourth-order valence-corrected chi connectivity index (χ4v) is 3.45. The summed E-state index contributed by atoms with van der Waals surface area (Å²) in [7, 11) is 0. The lowest BCUT2D eigenvalue weighted by Gasteiger charge is -2.14. The first-order valence-electron chi connectivity index (χ1n) is 5.43. The van der Waals surface area contributed by atoms with Crippen molar-refractivity contribution in [3.8, 4) is 5.75 Å². The maximum absolute atomic E-state index is 5.79. The van der Waals surface area contributed by atoms with Crippen LogP contribution in [0.1, 0.15) is 20.3 Å². The number of hydrogen-bond donors (Lipinski definition) is 2. The quantitative estimate of drug-likeness (QED) is 0.869. The third kappa shape index (κ3) is 2.74. The van der Waals surface area contributed by atoms with Gasteiger partial charge in [-0.3, -0.25) is 0 Å². The molecule has 3 N–H and O–H groups in total. The van der Waals surface area contributed by atoms with Crippen LogP contribution in [0.3, 0.4) is 0 Å². The molecule has 1 aromatic heterocycles. The van der Waals surface area contributed by atoms with Crippen LogP contribution in [0, 0.1) is 0 Å². The lowest BCUT2D eigenvalue weighted by atomic mass is 10.3. The van der Waals surface area contributed by atoms with E-state index in [1.807, 2.05) is 25.6 Å². The lowest BCUT2D eigenvalue weighted by molar-refractivity contribution is 0.245. The molecule has 0 aromatic carbocycles. The van der Waals surface area contributed by atoms with E-state index in [2.05, 4.69) is 9.69 Å². The van der Waals surface area contributed by atoms with Crippen molar-refractivity contribution in [1.82, 2.24) is 4.37 Å². The molecule has 1 fully saturated rings. The van der Waals surface area contributed by atoms with Crippen LogP contribution in [0.5, 0.6) is 5.75 Å². The van der Waals surface area contributed by atoms with Gasteiger partial charge in [0.2, 0.25) is 0 Å². The van der Waals surface area contributed by atoms with Crippen LogP contribution < -0.4 is 15.8 Å². The Morgan fingerprint density at radius 1 is 1.56 bits per heavy atom. The summed E-state index contributed by atoms with van der Waals surface area (Å²) in [4.78, 5) is 0. The summed E-state index contributed by atoms with van der Waals surface area (Å²) in [5.41, 5.74) is 5.79. The van der Waals surface area contributed by atoms with Gasteiger partial charge in [-0.15, -0.1) is 0 Å². The van der Waals surface area contributed by atoms with Crippen molar-refractivity contribution in [3.05, 3.63) is 0 Å². The van der Waals surface area contributed by atoms with Gasteiger partial charge in [0.05, 0.1) is 6.10 Å². The Bertz CT molecular complexity index is 348. The summed E-state index contributed by atoms with van der Waals surface area (Å²) in [5.74, 6) is 3.59. The molecule has 1 unspecified atom stereocenters. The zero-order valence-corrected chi connectivity index (χ0v) is 11.2. The van der Waals surface area contributed by atoms with Crippen molar-refractivity contribution >= 4 is 34.1 Å². The molecule has 0 radical (unpaired) electrons. The predicted octanol–water partition coefficient (Wildman–Crippen LogP) is 2.43. The van der Waals surface area contributed by atoms with Gasteiger partial charge in [0, 0.05) is 11.8 Å². The summed E-state index contributed by atoms with van der Waals surface area (Å²) in [5, 5.41) is 4.44. The fraction of sp³-hybridized carbons (Fsp3) is 0.700. The Hall–Kier alpha value is -0.620. The first-order valence-corrected chi connectivity index (χ1v) is 7.35. The Balaban J connectivity index is 2.07. The monoisotopic (exact) mass is 259 g/mol. The summed E-state index contributed by atoms with van der Waals surface area (Å²) in [6.07, 6.45) is 1.32. The van der Waals surface area contributed by atoms with Gasteiger partial charge in [-0.1, -0.05) is 0 Å². The molecule has 1 atom stereocenters. The first-order chi connectivity index (χ1) is 7.66. The third-order valence-corrected chi connectivity index (χ3v) is 4.23. The SMILES string of the molecule is CC(C)Oc1c(N)nsc1NC1CCSC1. The zero-order valence-electron chi connectivity index (χ0n) is 9.53. The van der Waals surface area contributed by atoms with Gasteiger partial charge in [0.15, 0.2) is 16.6 Å². The van der Waals surface area contributed by atoms with Crippen LogP contribution in [0.15, 0.2) is 0 Å². The third-order valence-electron chi connectivity index (χ3n) is 2.29. The van der Waals surface area contributed by atoms with Crippen molar-refractivity contribution in [1.29, 1.82) is 0 Å². The van der Waals surface area contributed by atoms with E-state index in [4.69, 9.17) is 10.5 Å². The van der Waals surface area contributed by atoms with Crippen molar-refractivity contribution in [3.63, 3.8) is 0 Å². The molecule has 0 spiro atoms. The minimum Gasteiger partial charge on any atom is -0.484 e. The second-order valence-corrected chi connectivity index (χ2v) is 6.02. The molecule has 4 nitrogen and oxygen atoms in total. The van der Waals surface area contributed by atoms with Crippen LogP contribution >= 0.6 is 23.3 Å². The Morgan fingerprint density at radius 2 is 2.38 bits per heavy atom. The fourth-order valence-electron chi connectivity index (χ4n) is 1.57. The minimum atomic E-state index is 0.122. The van der Waals surface area contributed by atoms with Gasteiger partial charge in [-0.05, 0) is 37.6 Å². The number of hydrogen-bond acceptors (Lipinski definition) is 6. The van der Waals surface area contributed by atoms with Crippen LogP contribution in [0.4, 0.5) is 10.8 Å². The highest BCUT2D eigenvalue weighted by atomic mass is 32.2. The second kappa shape index (κ2) is 5.14. The highest BCUT2D eigenvalue weighted by molar-refractivity contribution is 7.99. The molecule has 1 aliphatic heterocycles. The smallest absolute Gasteiger partial charge is 0.197 e. The second-order valence-electron chi connectivity index (χ2n) is 4.10. The molecule has 1 saturated heterocycles. The lowest BCUT2D eigenvalue weighted by Crippen LogP contribution is -2.18. The maximum Gasteiger partial charge on any atom is 0.197 e. The molecule has 16 heavy (non-hydrogen) atoms. The molecule has 0 aliphatic carbocycles. The largest absolute Gasteiger partial charge is 0.484 e. The molecular weight excluding hydrogens is 242 g/mol. The number of ether oxygens (including phenoxy) is 1. The van der Waals surface area contributed by atoms with Crippen molar-refractivity contribution < 1.29 is 4.74 Å². The summed E-state index contributed by atoms with van der Waals surface area (Å²) >= 11 is 3.36. The molecule has 6 heteroatoms. The molecule has 0 bridgehead atoms. The highest BCUT2D eigenvalue weighted by Crippen LogP contribution is 2.37. The average Bonchev–Trinajstić information content (AvgIpc) is 2.82. The molecular formula is C10H17N3OS2. The Morgan fingerprint density at radius 3 is 3.00 bits per heavy atom. The number of nitrogens with two attached hydrogens (primary N) is 1. The standard InChI is InChI=1S/C10H17N3OS2/c1-6(2)14-8-9(11)13-16-10(8)12-7-3-4-15-5-7/h6-7,12H,3-5H2,1-2H3,(H2,11,13). The number of nitrogens with zero attached hydrogens (tertiary/aromatic N) is 1. The normalized spacial score (nSPS) is 20.3. The predicted molar refractivity (Wildman–Crippen MR) is 71.6 cm³/mol. The Kier molecular flexibility index (Phi) is 3.81. The van der Waals surface area contributed by atoms with E-state index in [9.17, 15) is 0 Å². The van der Waals surface area contributed by atoms with Crippen molar-refractivity contribution in [2.75, 3.05) is 22.6 Å². The molecule has 90 valence electrons. The zero-order chi connectivity index (χ0) is 11.5. The summed E-state index contributed by atoms with van der Waals surface area (Å²) in [6.45, 7) is 3.98. The van der Waals surface area contributed by atoms with E-state index in [1.165, 1.54) is 23.7 Å². The van der Waals surface area contributed by atoms with Crippen molar-refractivity contribution in [2.45, 2.75) is 32.4 Å².